The van der Waals surface area contributed by atoms with Gasteiger partial charge in [-0.2, -0.15) is 0 Å². The summed E-state index contributed by atoms with van der Waals surface area (Å²) in [4.78, 5) is 12.4. The summed E-state index contributed by atoms with van der Waals surface area (Å²) in [7, 11) is 0. The molecule has 1 aromatic carbocycles. The Morgan fingerprint density at radius 3 is 2.90 bits per heavy atom. The first-order valence-corrected chi connectivity index (χ1v) is 11.2. The first kappa shape index (κ1) is 21.4. The normalized spacial score (nSPS) is 19.0. The van der Waals surface area contributed by atoms with Gasteiger partial charge in [0.2, 0.25) is 5.91 Å². The predicted molar refractivity (Wildman–Crippen MR) is 116 cm³/mol. The van der Waals surface area contributed by atoms with Crippen molar-refractivity contribution in [3.63, 3.8) is 0 Å². The summed E-state index contributed by atoms with van der Waals surface area (Å²) < 4.78 is 7.87. The van der Waals surface area contributed by atoms with Gasteiger partial charge in [0.05, 0.1) is 5.75 Å². The van der Waals surface area contributed by atoms with Gasteiger partial charge in [0.25, 0.3) is 0 Å². The molecule has 1 fully saturated rings. The van der Waals surface area contributed by atoms with Gasteiger partial charge >= 0.3 is 0 Å². The molecule has 7 heteroatoms. The number of carbonyl (C=O) groups is 1. The van der Waals surface area contributed by atoms with E-state index in [1.54, 1.807) is 6.08 Å². The zero-order valence-electron chi connectivity index (χ0n) is 17.3. The maximum atomic E-state index is 12.4. The van der Waals surface area contributed by atoms with Crippen LogP contribution in [0.4, 0.5) is 0 Å². The second-order valence-corrected chi connectivity index (χ2v) is 8.52. The number of aromatic nitrogens is 3. The van der Waals surface area contributed by atoms with Crippen LogP contribution < -0.4 is 10.1 Å². The van der Waals surface area contributed by atoms with Crippen molar-refractivity contribution in [2.75, 3.05) is 5.75 Å². The van der Waals surface area contributed by atoms with Gasteiger partial charge in [-0.15, -0.1) is 16.8 Å². The first-order chi connectivity index (χ1) is 14.1. The second-order valence-electron chi connectivity index (χ2n) is 7.58. The highest BCUT2D eigenvalue weighted by Gasteiger charge is 2.23. The van der Waals surface area contributed by atoms with Crippen LogP contribution in [-0.4, -0.2) is 32.5 Å². The van der Waals surface area contributed by atoms with Crippen molar-refractivity contribution < 1.29 is 9.53 Å². The van der Waals surface area contributed by atoms with Gasteiger partial charge in [-0.25, -0.2) is 0 Å². The molecule has 2 atom stereocenters. The highest BCUT2D eigenvalue weighted by molar-refractivity contribution is 7.99. The lowest BCUT2D eigenvalue weighted by Gasteiger charge is -2.29. The van der Waals surface area contributed by atoms with Crippen LogP contribution in [0, 0.1) is 12.8 Å². The molecule has 29 heavy (non-hydrogen) atoms. The average Bonchev–Trinajstić information content (AvgIpc) is 3.09. The molecule has 156 valence electrons. The number of amides is 1. The predicted octanol–water partition coefficient (Wildman–Crippen LogP) is 4.14. The van der Waals surface area contributed by atoms with Crippen molar-refractivity contribution in [3.8, 4) is 5.75 Å². The zero-order chi connectivity index (χ0) is 20.6. The third-order valence-corrected chi connectivity index (χ3v) is 6.31. The van der Waals surface area contributed by atoms with E-state index in [1.807, 2.05) is 35.8 Å². The molecule has 1 aromatic heterocycles. The molecule has 0 spiro atoms. The number of nitrogens with one attached hydrogen (secondary N) is 1. The summed E-state index contributed by atoms with van der Waals surface area (Å²) in [6.07, 6.45) is 6.52. The molecule has 1 N–H and O–H groups in total. The maximum absolute atomic E-state index is 12.4. The fraction of sp³-hybridized carbons (Fsp3) is 0.500. The van der Waals surface area contributed by atoms with E-state index in [9.17, 15) is 4.79 Å². The van der Waals surface area contributed by atoms with Crippen LogP contribution in [0.25, 0.3) is 0 Å². The van der Waals surface area contributed by atoms with E-state index in [4.69, 9.17) is 4.74 Å². The quantitative estimate of drug-likeness (QED) is 0.493. The standard InChI is InChI=1S/C22H30N4O2S/c1-4-13-26-20(14-28-19-12-8-6-10-17(19)3)24-25-22(26)29-15-21(27)23-18-11-7-5-9-16(18)2/h4,6,8,10,12,16,18H,1,5,7,9,11,13-15H2,2-3H3,(H,23,27)/t16-,18-/m1/s1. The van der Waals surface area contributed by atoms with E-state index < -0.39 is 0 Å². The van der Waals surface area contributed by atoms with E-state index in [-0.39, 0.29) is 5.91 Å². The minimum Gasteiger partial charge on any atom is -0.485 e. The fourth-order valence-corrected chi connectivity index (χ4v) is 4.39. The Bertz CT molecular complexity index is 836. The van der Waals surface area contributed by atoms with Crippen LogP contribution in [0.2, 0.25) is 0 Å². The van der Waals surface area contributed by atoms with E-state index in [2.05, 4.69) is 29.0 Å². The third-order valence-electron chi connectivity index (χ3n) is 5.35. The molecule has 1 heterocycles. The summed E-state index contributed by atoms with van der Waals surface area (Å²) in [6, 6.07) is 8.17. The van der Waals surface area contributed by atoms with E-state index in [0.29, 0.717) is 36.0 Å². The van der Waals surface area contributed by atoms with E-state index in [0.717, 1.165) is 23.6 Å². The fourth-order valence-electron chi connectivity index (χ4n) is 3.61. The molecule has 1 aliphatic carbocycles. The van der Waals surface area contributed by atoms with Crippen molar-refractivity contribution in [2.45, 2.75) is 63.9 Å². The molecule has 0 radical (unpaired) electrons. The zero-order valence-corrected chi connectivity index (χ0v) is 18.1. The number of thioether (sulfide) groups is 1. The second kappa shape index (κ2) is 10.5. The molecule has 1 saturated carbocycles. The average molecular weight is 415 g/mol. The van der Waals surface area contributed by atoms with Crippen molar-refractivity contribution in [1.29, 1.82) is 0 Å². The summed E-state index contributed by atoms with van der Waals surface area (Å²) in [5, 5.41) is 12.4. The number of nitrogens with zero attached hydrogens (tertiary/aromatic N) is 3. The molecule has 2 aromatic rings. The SMILES string of the molecule is C=CCn1c(COc2ccccc2C)nnc1SCC(=O)N[C@@H]1CCCC[C@H]1C. The molecule has 1 amide bonds. The third kappa shape index (κ3) is 5.85. The summed E-state index contributed by atoms with van der Waals surface area (Å²) in [5.41, 5.74) is 1.07. The number of rotatable bonds is 9. The van der Waals surface area contributed by atoms with Crippen LogP contribution in [0.1, 0.15) is 44.0 Å². The molecule has 1 aliphatic rings. The molecular formula is C22H30N4O2S. The largest absolute Gasteiger partial charge is 0.485 e. The Balaban J connectivity index is 1.58. The lowest BCUT2D eigenvalue weighted by atomic mass is 9.86. The monoisotopic (exact) mass is 414 g/mol. The number of hydrogen-bond donors (Lipinski definition) is 1. The molecule has 0 bridgehead atoms. The smallest absolute Gasteiger partial charge is 0.230 e. The Morgan fingerprint density at radius 2 is 2.14 bits per heavy atom. The van der Waals surface area contributed by atoms with Crippen LogP contribution in [0.15, 0.2) is 42.1 Å². The van der Waals surface area contributed by atoms with Crippen molar-refractivity contribution >= 4 is 17.7 Å². The number of aryl methyl sites for hydroxylation is 1. The number of benzene rings is 1. The van der Waals surface area contributed by atoms with Crippen LogP contribution in [0.5, 0.6) is 5.75 Å². The topological polar surface area (TPSA) is 69.0 Å². The summed E-state index contributed by atoms with van der Waals surface area (Å²) in [6.45, 7) is 8.95. The van der Waals surface area contributed by atoms with Crippen molar-refractivity contribution in [3.05, 3.63) is 48.3 Å². The van der Waals surface area contributed by atoms with E-state index in [1.165, 1.54) is 31.0 Å². The van der Waals surface area contributed by atoms with E-state index >= 15 is 0 Å². The lowest BCUT2D eigenvalue weighted by Crippen LogP contribution is -2.41. The molecule has 0 unspecified atom stereocenters. The van der Waals surface area contributed by atoms with Gasteiger partial charge < -0.3 is 10.1 Å². The van der Waals surface area contributed by atoms with Gasteiger partial charge in [-0.05, 0) is 37.3 Å². The minimum atomic E-state index is 0.0552. The maximum Gasteiger partial charge on any atom is 0.230 e. The number of ether oxygens (including phenoxy) is 1. The molecule has 3 rings (SSSR count). The highest BCUT2D eigenvalue weighted by atomic mass is 32.2. The molecule has 0 saturated heterocycles. The van der Waals surface area contributed by atoms with Crippen LogP contribution in [0.3, 0.4) is 0 Å². The molecule has 6 nitrogen and oxygen atoms in total. The summed E-state index contributed by atoms with van der Waals surface area (Å²) >= 11 is 1.40. The first-order valence-electron chi connectivity index (χ1n) is 10.2. The minimum absolute atomic E-state index is 0.0552. The van der Waals surface area contributed by atoms with Gasteiger partial charge in [0, 0.05) is 12.6 Å². The Kier molecular flexibility index (Phi) is 7.75. The Labute approximate surface area is 177 Å². The molecular weight excluding hydrogens is 384 g/mol. The highest BCUT2D eigenvalue weighted by Crippen LogP contribution is 2.24. The number of carbonyl (C=O) groups excluding carboxylic acids is 1. The Hall–Kier alpha value is -2.28. The number of allylic oxidation sites excluding steroid dienone is 1. The van der Waals surface area contributed by atoms with Gasteiger partial charge in [-0.1, -0.05) is 55.8 Å². The van der Waals surface area contributed by atoms with Gasteiger partial charge in [-0.3, -0.25) is 9.36 Å². The van der Waals surface area contributed by atoms with Gasteiger partial charge in [0.1, 0.15) is 12.4 Å². The lowest BCUT2D eigenvalue weighted by molar-refractivity contribution is -0.119. The number of para-hydroxylation sites is 1. The Morgan fingerprint density at radius 1 is 1.34 bits per heavy atom. The van der Waals surface area contributed by atoms with Crippen molar-refractivity contribution in [1.82, 2.24) is 20.1 Å². The van der Waals surface area contributed by atoms with Crippen LogP contribution in [-0.2, 0) is 17.9 Å². The van der Waals surface area contributed by atoms with Crippen LogP contribution >= 0.6 is 11.8 Å². The number of hydrogen-bond acceptors (Lipinski definition) is 5. The van der Waals surface area contributed by atoms with Gasteiger partial charge in [0.15, 0.2) is 11.0 Å². The van der Waals surface area contributed by atoms with Crippen molar-refractivity contribution in [2.24, 2.45) is 5.92 Å². The summed E-state index contributed by atoms with van der Waals surface area (Å²) in [5.74, 6) is 2.48. The molecule has 0 aliphatic heterocycles.